The summed E-state index contributed by atoms with van der Waals surface area (Å²) in [5.74, 6) is 0.509. The van der Waals surface area contributed by atoms with E-state index in [9.17, 15) is 4.79 Å². The van der Waals surface area contributed by atoms with E-state index in [1.165, 1.54) is 0 Å². The summed E-state index contributed by atoms with van der Waals surface area (Å²) in [6.45, 7) is 9.62. The van der Waals surface area contributed by atoms with Gasteiger partial charge in [0.15, 0.2) is 0 Å². The van der Waals surface area contributed by atoms with E-state index < -0.39 is 0 Å². The fourth-order valence-corrected chi connectivity index (χ4v) is 1.38. The van der Waals surface area contributed by atoms with Gasteiger partial charge in [-0.25, -0.2) is 4.79 Å². The highest BCUT2D eigenvalue weighted by molar-refractivity contribution is 5.74. The molecular formula is C12H27N3O. The first-order valence-corrected chi connectivity index (χ1v) is 6.14. The molecule has 0 radical (unpaired) electrons. The minimum Gasteiger partial charge on any atom is -0.338 e. The van der Waals surface area contributed by atoms with Gasteiger partial charge in [0.1, 0.15) is 0 Å². The average molecular weight is 229 g/mol. The van der Waals surface area contributed by atoms with Crippen LogP contribution in [0.15, 0.2) is 0 Å². The molecular weight excluding hydrogens is 202 g/mol. The number of hydrogen-bond acceptors (Lipinski definition) is 2. The summed E-state index contributed by atoms with van der Waals surface area (Å²) >= 11 is 0. The van der Waals surface area contributed by atoms with Gasteiger partial charge in [-0.3, -0.25) is 0 Å². The Morgan fingerprint density at radius 2 is 1.88 bits per heavy atom. The van der Waals surface area contributed by atoms with E-state index in [0.29, 0.717) is 5.92 Å². The summed E-state index contributed by atoms with van der Waals surface area (Å²) in [4.78, 5) is 15.8. The van der Waals surface area contributed by atoms with Crippen molar-refractivity contribution in [2.75, 3.05) is 40.3 Å². The van der Waals surface area contributed by atoms with Crippen LogP contribution in [-0.2, 0) is 0 Å². The van der Waals surface area contributed by atoms with Gasteiger partial charge in [0.2, 0.25) is 0 Å². The third-order valence-corrected chi connectivity index (χ3v) is 2.22. The van der Waals surface area contributed by atoms with Crippen LogP contribution in [0.4, 0.5) is 4.79 Å². The number of hydrogen-bond donors (Lipinski definition) is 1. The molecule has 16 heavy (non-hydrogen) atoms. The van der Waals surface area contributed by atoms with Gasteiger partial charge in [0.25, 0.3) is 0 Å². The topological polar surface area (TPSA) is 35.6 Å². The van der Waals surface area contributed by atoms with Crippen LogP contribution in [0.25, 0.3) is 0 Å². The molecule has 0 bridgehead atoms. The lowest BCUT2D eigenvalue weighted by Gasteiger charge is -2.26. The van der Waals surface area contributed by atoms with E-state index >= 15 is 0 Å². The summed E-state index contributed by atoms with van der Waals surface area (Å²) in [7, 11) is 4.05. The van der Waals surface area contributed by atoms with Crippen molar-refractivity contribution in [3.8, 4) is 0 Å². The molecule has 0 aliphatic carbocycles. The summed E-state index contributed by atoms with van der Waals surface area (Å²) in [6.07, 6.45) is 0.981. The lowest BCUT2D eigenvalue weighted by molar-refractivity contribution is 0.184. The fraction of sp³-hybridized carbons (Fsp3) is 0.917. The molecule has 0 fully saturated rings. The van der Waals surface area contributed by atoms with E-state index in [1.807, 2.05) is 19.0 Å². The average Bonchev–Trinajstić information content (AvgIpc) is 2.19. The Balaban J connectivity index is 4.12. The van der Waals surface area contributed by atoms with Crippen molar-refractivity contribution in [3.05, 3.63) is 0 Å². The molecule has 0 aromatic carbocycles. The van der Waals surface area contributed by atoms with Crippen LogP contribution in [0.5, 0.6) is 0 Å². The smallest absolute Gasteiger partial charge is 0.317 e. The van der Waals surface area contributed by atoms with Gasteiger partial charge in [-0.05, 0) is 26.4 Å². The zero-order valence-corrected chi connectivity index (χ0v) is 11.4. The van der Waals surface area contributed by atoms with E-state index in [4.69, 9.17) is 0 Å². The zero-order chi connectivity index (χ0) is 12.6. The molecule has 0 saturated heterocycles. The first-order valence-electron chi connectivity index (χ1n) is 6.14. The van der Waals surface area contributed by atoms with E-state index in [1.54, 1.807) is 0 Å². The number of urea groups is 1. The molecule has 0 saturated carbocycles. The Labute approximate surface area is 100.0 Å². The monoisotopic (exact) mass is 229 g/mol. The quantitative estimate of drug-likeness (QED) is 0.720. The number of carbonyl (C=O) groups excluding carboxylic acids is 1. The van der Waals surface area contributed by atoms with Crippen molar-refractivity contribution >= 4 is 6.03 Å². The molecule has 4 heteroatoms. The Morgan fingerprint density at radius 3 is 2.31 bits per heavy atom. The minimum absolute atomic E-state index is 0.0670. The maximum Gasteiger partial charge on any atom is 0.317 e. The number of rotatable bonds is 7. The maximum absolute atomic E-state index is 11.8. The lowest BCUT2D eigenvalue weighted by atomic mass is 10.2. The number of amides is 2. The van der Waals surface area contributed by atoms with Gasteiger partial charge in [-0.1, -0.05) is 20.8 Å². The predicted octanol–water partition coefficient (Wildman–Crippen LogP) is 1.63. The fourth-order valence-electron chi connectivity index (χ4n) is 1.38. The van der Waals surface area contributed by atoms with Gasteiger partial charge in [0.05, 0.1) is 0 Å². The number of likely N-dealkylation sites (N-methyl/N-ethyl adjacent to an activating group) is 1. The van der Waals surface area contributed by atoms with Crippen LogP contribution < -0.4 is 5.32 Å². The maximum atomic E-state index is 11.8. The molecule has 0 aromatic rings. The highest BCUT2D eigenvalue weighted by Crippen LogP contribution is 1.99. The number of nitrogens with zero attached hydrogens (tertiary/aromatic N) is 2. The van der Waals surface area contributed by atoms with E-state index in [0.717, 1.165) is 32.6 Å². The number of carbonyl (C=O) groups is 1. The molecule has 4 nitrogen and oxygen atoms in total. The van der Waals surface area contributed by atoms with Crippen LogP contribution in [0.1, 0.15) is 27.2 Å². The van der Waals surface area contributed by atoms with Crippen molar-refractivity contribution in [2.45, 2.75) is 27.2 Å². The highest BCUT2D eigenvalue weighted by atomic mass is 16.2. The Kier molecular flexibility index (Phi) is 7.99. The molecule has 1 N–H and O–H groups in total. The van der Waals surface area contributed by atoms with Gasteiger partial charge in [0, 0.05) is 26.2 Å². The van der Waals surface area contributed by atoms with Crippen LogP contribution >= 0.6 is 0 Å². The zero-order valence-electron chi connectivity index (χ0n) is 11.4. The first-order chi connectivity index (χ1) is 7.47. The second-order valence-corrected chi connectivity index (χ2v) is 4.88. The molecule has 96 valence electrons. The Bertz CT molecular complexity index is 193. The Morgan fingerprint density at radius 1 is 1.25 bits per heavy atom. The molecule has 0 unspecified atom stereocenters. The number of nitrogens with one attached hydrogen (secondary N) is 1. The van der Waals surface area contributed by atoms with Crippen molar-refractivity contribution in [3.63, 3.8) is 0 Å². The normalized spacial score (nSPS) is 10.9. The van der Waals surface area contributed by atoms with Crippen LogP contribution in [-0.4, -0.2) is 56.1 Å². The van der Waals surface area contributed by atoms with Crippen LogP contribution in [0, 0.1) is 5.92 Å². The molecule has 0 aromatic heterocycles. The predicted molar refractivity (Wildman–Crippen MR) is 68.7 cm³/mol. The minimum atomic E-state index is 0.0670. The molecule has 0 heterocycles. The van der Waals surface area contributed by atoms with E-state index in [-0.39, 0.29) is 6.03 Å². The van der Waals surface area contributed by atoms with Crippen molar-refractivity contribution < 1.29 is 4.79 Å². The molecule has 0 spiro atoms. The van der Waals surface area contributed by atoms with Crippen molar-refractivity contribution in [2.24, 2.45) is 5.92 Å². The van der Waals surface area contributed by atoms with Crippen molar-refractivity contribution in [1.29, 1.82) is 0 Å². The third kappa shape index (κ3) is 7.51. The highest BCUT2D eigenvalue weighted by Gasteiger charge is 2.13. The second-order valence-electron chi connectivity index (χ2n) is 4.88. The molecule has 0 aliphatic rings. The summed E-state index contributed by atoms with van der Waals surface area (Å²) in [5.41, 5.74) is 0. The van der Waals surface area contributed by atoms with Gasteiger partial charge < -0.3 is 15.1 Å². The van der Waals surface area contributed by atoms with Crippen LogP contribution in [0.2, 0.25) is 0 Å². The summed E-state index contributed by atoms with van der Waals surface area (Å²) < 4.78 is 0. The van der Waals surface area contributed by atoms with Gasteiger partial charge >= 0.3 is 6.03 Å². The molecule has 0 atom stereocenters. The summed E-state index contributed by atoms with van der Waals surface area (Å²) in [6, 6.07) is 0.0670. The largest absolute Gasteiger partial charge is 0.338 e. The van der Waals surface area contributed by atoms with E-state index in [2.05, 4.69) is 31.0 Å². The SMILES string of the molecule is CCCNC(=O)N(CCN(C)C)CC(C)C. The van der Waals surface area contributed by atoms with Crippen LogP contribution in [0.3, 0.4) is 0 Å². The van der Waals surface area contributed by atoms with Gasteiger partial charge in [-0.15, -0.1) is 0 Å². The second kappa shape index (κ2) is 8.39. The molecule has 0 aliphatic heterocycles. The Hall–Kier alpha value is -0.770. The summed E-state index contributed by atoms with van der Waals surface area (Å²) in [5, 5.41) is 2.93. The lowest BCUT2D eigenvalue weighted by Crippen LogP contribution is -2.44. The van der Waals surface area contributed by atoms with Gasteiger partial charge in [-0.2, -0.15) is 0 Å². The standard InChI is InChI=1S/C12H27N3O/c1-6-7-13-12(16)15(10-11(2)3)9-8-14(4)5/h11H,6-10H2,1-5H3,(H,13,16). The molecule has 0 rings (SSSR count). The molecule has 2 amide bonds. The first kappa shape index (κ1) is 15.2. The van der Waals surface area contributed by atoms with Crippen molar-refractivity contribution in [1.82, 2.24) is 15.1 Å². The third-order valence-electron chi connectivity index (χ3n) is 2.22.